The van der Waals surface area contributed by atoms with Crippen molar-refractivity contribution in [1.29, 1.82) is 0 Å². The standard InChI is InChI=1S/C29H32N.C17H16N.Ir/c1-2-25-21-5-16-3-17(6-21)8-22(7-16)26(25)13-20(1)29-14-27-23-9-18-4-19(10-23)12-24(11-18)28(27)15-30-29;1-2-10-18-17(3-1)14-8-9-15-12-4-6-13(7-5-12)16(15)11-14;/h2,13-19,21-24H,3-12H2;1-3,9-13H,4-7H2;/q2*-1;. The van der Waals surface area contributed by atoms with Crippen LogP contribution in [0.3, 0.4) is 0 Å². The Morgan fingerprint density at radius 3 is 1.49 bits per heavy atom. The van der Waals surface area contributed by atoms with Gasteiger partial charge in [-0.25, -0.2) is 0 Å². The second kappa shape index (κ2) is 12.3. The van der Waals surface area contributed by atoms with Crippen LogP contribution in [0.25, 0.3) is 22.5 Å². The number of hydrogen-bond acceptors (Lipinski definition) is 2. The fourth-order valence-electron chi connectivity index (χ4n) is 13.0. The van der Waals surface area contributed by atoms with Gasteiger partial charge in [-0.15, -0.1) is 69.8 Å². The Kier molecular flexibility index (Phi) is 7.80. The number of nitrogens with zero attached hydrogens (tertiary/aromatic N) is 2. The molecule has 4 atom stereocenters. The summed E-state index contributed by atoms with van der Waals surface area (Å²) in [6.07, 6.45) is 24.2. The SMILES string of the molecule is [Ir].[c-]1cc2c(cc1-c1cc3c(cn1)C1CC4CC(C1)CC3C4)C1CC3CC(CC2C3)C1.[c-]1cc2c(cc1-c1ccccn1)C1CCC2CC1. The number of pyridine rings is 2. The smallest absolute Gasteiger partial charge is 0.0198 e. The first-order valence-electron chi connectivity index (χ1n) is 19.7. The van der Waals surface area contributed by atoms with Gasteiger partial charge in [-0.3, -0.25) is 0 Å². The van der Waals surface area contributed by atoms with Crippen molar-refractivity contribution in [3.05, 3.63) is 106 Å². The van der Waals surface area contributed by atoms with Crippen molar-refractivity contribution in [2.24, 2.45) is 23.7 Å². The molecule has 2 aromatic heterocycles. The van der Waals surface area contributed by atoms with E-state index < -0.39 is 0 Å². The molecule has 0 aliphatic heterocycles. The van der Waals surface area contributed by atoms with Crippen molar-refractivity contribution in [2.45, 2.75) is 125 Å². The summed E-state index contributed by atoms with van der Waals surface area (Å²) in [5, 5.41) is 0. The quantitative estimate of drug-likeness (QED) is 0.188. The molecule has 0 amide bonds. The third-order valence-electron chi connectivity index (χ3n) is 14.9. The molecule has 3 heteroatoms. The van der Waals surface area contributed by atoms with E-state index in [1.165, 1.54) is 101 Å². The van der Waals surface area contributed by atoms with E-state index in [-0.39, 0.29) is 20.1 Å². The Morgan fingerprint density at radius 1 is 0.449 bits per heavy atom. The Bertz CT molecular complexity index is 1760. The number of rotatable bonds is 2. The second-order valence-electron chi connectivity index (χ2n) is 17.6. The molecular formula is C46H48IrN2-2. The molecule has 1 radical (unpaired) electrons. The molecule has 0 N–H and O–H groups in total. The summed E-state index contributed by atoms with van der Waals surface area (Å²) in [7, 11) is 0. The first-order valence-corrected chi connectivity index (χ1v) is 19.7. The molecule has 15 rings (SSSR count). The maximum atomic E-state index is 5.05. The third kappa shape index (κ3) is 5.35. The number of fused-ring (bicyclic) bond motifs is 2. The van der Waals surface area contributed by atoms with Crippen LogP contribution >= 0.6 is 0 Å². The van der Waals surface area contributed by atoms with Gasteiger partial charge in [-0.05, 0) is 146 Å². The van der Waals surface area contributed by atoms with Crippen molar-refractivity contribution in [3.63, 3.8) is 0 Å². The second-order valence-corrected chi connectivity index (χ2v) is 17.6. The van der Waals surface area contributed by atoms with E-state index >= 15 is 0 Å². The molecule has 253 valence electrons. The van der Waals surface area contributed by atoms with Crippen LogP contribution in [-0.2, 0) is 20.1 Å². The van der Waals surface area contributed by atoms with Gasteiger partial charge in [0.25, 0.3) is 0 Å². The summed E-state index contributed by atoms with van der Waals surface area (Å²) in [6.45, 7) is 0. The molecule has 10 bridgehead atoms. The Hall–Kier alpha value is -2.61. The van der Waals surface area contributed by atoms with Crippen LogP contribution in [0.15, 0.2) is 60.9 Å². The molecular weight excluding hydrogens is 773 g/mol. The molecule has 49 heavy (non-hydrogen) atoms. The molecule has 2 aromatic carbocycles. The minimum atomic E-state index is 0. The van der Waals surface area contributed by atoms with Gasteiger partial charge >= 0.3 is 0 Å². The predicted molar refractivity (Wildman–Crippen MR) is 192 cm³/mol. The molecule has 11 aliphatic rings. The van der Waals surface area contributed by atoms with Crippen LogP contribution in [0.5, 0.6) is 0 Å². The summed E-state index contributed by atoms with van der Waals surface area (Å²) in [5.74, 6) is 8.73. The fraction of sp³-hybridized carbons (Fsp3) is 0.522. The molecule has 0 saturated heterocycles. The first-order chi connectivity index (χ1) is 23.7. The zero-order valence-corrected chi connectivity index (χ0v) is 31.1. The van der Waals surface area contributed by atoms with Gasteiger partial charge < -0.3 is 9.97 Å². The maximum Gasteiger partial charge on any atom is 0.0198 e. The number of hydrogen-bond donors (Lipinski definition) is 0. The van der Waals surface area contributed by atoms with Crippen molar-refractivity contribution in [2.75, 3.05) is 0 Å². The van der Waals surface area contributed by atoms with E-state index in [2.05, 4.69) is 59.7 Å². The third-order valence-corrected chi connectivity index (χ3v) is 14.9. The van der Waals surface area contributed by atoms with Crippen LogP contribution in [0, 0.1) is 35.8 Å². The van der Waals surface area contributed by atoms with Crippen LogP contribution in [0.4, 0.5) is 0 Å². The van der Waals surface area contributed by atoms with Gasteiger partial charge in [0.15, 0.2) is 0 Å². The minimum absolute atomic E-state index is 0. The largest absolute Gasteiger partial charge is 0.305 e. The zero-order chi connectivity index (χ0) is 31.3. The van der Waals surface area contributed by atoms with Crippen LogP contribution < -0.4 is 0 Å². The summed E-state index contributed by atoms with van der Waals surface area (Å²) >= 11 is 0. The van der Waals surface area contributed by atoms with Crippen molar-refractivity contribution in [3.8, 4) is 22.5 Å². The van der Waals surface area contributed by atoms with E-state index in [0.717, 1.165) is 70.4 Å². The number of benzene rings is 2. The molecule has 11 aliphatic carbocycles. The van der Waals surface area contributed by atoms with E-state index in [1.54, 1.807) is 33.4 Å². The van der Waals surface area contributed by atoms with E-state index in [0.29, 0.717) is 0 Å². The average Bonchev–Trinajstić information content (AvgIpc) is 3.42. The van der Waals surface area contributed by atoms with E-state index in [4.69, 9.17) is 4.98 Å². The number of aromatic nitrogens is 2. The van der Waals surface area contributed by atoms with Crippen molar-refractivity contribution >= 4 is 0 Å². The van der Waals surface area contributed by atoms with Crippen LogP contribution in [0.1, 0.15) is 159 Å². The fourth-order valence-corrected chi connectivity index (χ4v) is 13.0. The Morgan fingerprint density at radius 2 is 0.918 bits per heavy atom. The molecule has 2 heterocycles. The average molecular weight is 821 g/mol. The van der Waals surface area contributed by atoms with Crippen molar-refractivity contribution in [1.82, 2.24) is 9.97 Å². The zero-order valence-electron chi connectivity index (χ0n) is 28.7. The summed E-state index contributed by atoms with van der Waals surface area (Å²) < 4.78 is 0. The van der Waals surface area contributed by atoms with Crippen LogP contribution in [-0.4, -0.2) is 9.97 Å². The van der Waals surface area contributed by atoms with Crippen molar-refractivity contribution < 1.29 is 20.1 Å². The normalized spacial score (nSPS) is 34.9. The maximum absolute atomic E-state index is 5.05. The molecule has 0 spiro atoms. The Labute approximate surface area is 306 Å². The molecule has 4 aromatic rings. The molecule has 5 fully saturated rings. The Balaban J connectivity index is 0.000000138. The monoisotopic (exact) mass is 821 g/mol. The minimum Gasteiger partial charge on any atom is -0.305 e. The van der Waals surface area contributed by atoms with E-state index in [9.17, 15) is 0 Å². The van der Waals surface area contributed by atoms with Gasteiger partial charge in [0.2, 0.25) is 0 Å². The van der Waals surface area contributed by atoms with Crippen LogP contribution in [0.2, 0.25) is 0 Å². The van der Waals surface area contributed by atoms with Gasteiger partial charge in [0, 0.05) is 32.5 Å². The van der Waals surface area contributed by atoms with Gasteiger partial charge in [0.05, 0.1) is 0 Å². The molecule has 4 unspecified atom stereocenters. The predicted octanol–water partition coefficient (Wildman–Crippen LogP) is 11.6. The topological polar surface area (TPSA) is 25.8 Å². The molecule has 5 saturated carbocycles. The van der Waals surface area contributed by atoms with Gasteiger partial charge in [-0.2, -0.15) is 0 Å². The summed E-state index contributed by atoms with van der Waals surface area (Å²) in [4.78, 5) is 9.48. The van der Waals surface area contributed by atoms with Gasteiger partial charge in [0.1, 0.15) is 0 Å². The summed E-state index contributed by atoms with van der Waals surface area (Å²) in [5.41, 5.74) is 14.4. The first kappa shape index (κ1) is 31.2. The summed E-state index contributed by atoms with van der Waals surface area (Å²) in [6, 6.07) is 25.2. The molecule has 2 nitrogen and oxygen atoms in total. The van der Waals surface area contributed by atoms with Gasteiger partial charge in [-0.1, -0.05) is 49.8 Å². The van der Waals surface area contributed by atoms with E-state index in [1.807, 2.05) is 18.3 Å².